The summed E-state index contributed by atoms with van der Waals surface area (Å²) in [4.78, 5) is 11.1. The third kappa shape index (κ3) is 3.50. The minimum atomic E-state index is -0.697. The monoisotopic (exact) mass is 248 g/mol. The van der Waals surface area contributed by atoms with Crippen LogP contribution in [0.15, 0.2) is 36.4 Å². The molecule has 3 heteroatoms. The maximum atomic E-state index is 13.4. The predicted molar refractivity (Wildman–Crippen MR) is 67.6 cm³/mol. The Balaban J connectivity index is 1.89. The van der Waals surface area contributed by atoms with E-state index in [-0.39, 0.29) is 23.9 Å². The van der Waals surface area contributed by atoms with E-state index in [9.17, 15) is 14.3 Å². The normalized spacial score (nSPS) is 21.7. The van der Waals surface area contributed by atoms with Crippen LogP contribution in [0.3, 0.4) is 0 Å². The molecule has 18 heavy (non-hydrogen) atoms. The van der Waals surface area contributed by atoms with Crippen molar-refractivity contribution in [3.63, 3.8) is 0 Å². The van der Waals surface area contributed by atoms with Crippen molar-refractivity contribution < 1.29 is 14.3 Å². The highest BCUT2D eigenvalue weighted by atomic mass is 19.1. The molecule has 1 fully saturated rings. The third-order valence-corrected chi connectivity index (χ3v) is 3.28. The van der Waals surface area contributed by atoms with Crippen LogP contribution in [-0.2, 0) is 11.2 Å². The molecule has 0 bridgehead atoms. The quantitative estimate of drug-likeness (QED) is 0.832. The van der Waals surface area contributed by atoms with Crippen molar-refractivity contribution in [3.05, 3.63) is 47.8 Å². The first-order valence-electron chi connectivity index (χ1n) is 6.26. The molecule has 1 aliphatic carbocycles. The fourth-order valence-electron chi connectivity index (χ4n) is 2.25. The zero-order chi connectivity index (χ0) is 13.0. The van der Waals surface area contributed by atoms with E-state index >= 15 is 0 Å². The maximum absolute atomic E-state index is 13.4. The Kier molecular flexibility index (Phi) is 4.26. The van der Waals surface area contributed by atoms with E-state index in [2.05, 4.69) is 0 Å². The smallest absolute Gasteiger partial charge is 0.133 e. The number of carbonyl (C=O) groups excluding carboxylic acids is 1. The number of aliphatic hydroxyl groups is 1. The molecule has 0 spiro atoms. The number of allylic oxidation sites excluding steroid dienone is 1. The number of Topliss-reactive ketones (excluding diaryl/α,β-unsaturated/α-hetero) is 1. The van der Waals surface area contributed by atoms with Crippen molar-refractivity contribution in [1.29, 1.82) is 0 Å². The van der Waals surface area contributed by atoms with Crippen LogP contribution in [0.1, 0.15) is 24.8 Å². The van der Waals surface area contributed by atoms with Gasteiger partial charge in [0, 0.05) is 19.3 Å². The second kappa shape index (κ2) is 5.91. The van der Waals surface area contributed by atoms with Gasteiger partial charge in [-0.15, -0.1) is 0 Å². The standard InChI is InChI=1S/C15H17FO2/c16-15-4-2-1-3-12(15)10-14(18)8-6-11-5-7-13(17)9-11/h1-4,6,8,11,14,18H,5,7,9-10H2/b8-6+/t11-,14?/m1/s1. The van der Waals surface area contributed by atoms with E-state index in [1.165, 1.54) is 6.07 Å². The van der Waals surface area contributed by atoms with Crippen LogP contribution in [0.5, 0.6) is 0 Å². The van der Waals surface area contributed by atoms with Crippen molar-refractivity contribution >= 4 is 5.78 Å². The number of halogens is 1. The molecule has 0 radical (unpaired) electrons. The summed E-state index contributed by atoms with van der Waals surface area (Å²) in [7, 11) is 0. The highest BCUT2D eigenvalue weighted by Gasteiger charge is 2.19. The molecular formula is C15H17FO2. The van der Waals surface area contributed by atoms with Crippen molar-refractivity contribution in [2.75, 3.05) is 0 Å². The molecule has 1 unspecified atom stereocenters. The molecule has 2 rings (SSSR count). The van der Waals surface area contributed by atoms with E-state index < -0.39 is 6.10 Å². The fourth-order valence-corrected chi connectivity index (χ4v) is 2.25. The van der Waals surface area contributed by atoms with Crippen LogP contribution in [0.2, 0.25) is 0 Å². The first kappa shape index (κ1) is 13.0. The molecule has 1 aromatic carbocycles. The van der Waals surface area contributed by atoms with E-state index in [0.717, 1.165) is 6.42 Å². The van der Waals surface area contributed by atoms with Gasteiger partial charge in [-0.25, -0.2) is 4.39 Å². The number of hydrogen-bond donors (Lipinski definition) is 1. The van der Waals surface area contributed by atoms with E-state index in [4.69, 9.17) is 0 Å². The summed E-state index contributed by atoms with van der Waals surface area (Å²) < 4.78 is 13.4. The summed E-state index contributed by atoms with van der Waals surface area (Å²) in [5.41, 5.74) is 0.511. The van der Waals surface area contributed by atoms with Gasteiger partial charge in [0.25, 0.3) is 0 Å². The minimum Gasteiger partial charge on any atom is -0.389 e. The Hall–Kier alpha value is -1.48. The zero-order valence-electron chi connectivity index (χ0n) is 10.2. The third-order valence-electron chi connectivity index (χ3n) is 3.28. The van der Waals surface area contributed by atoms with Crippen molar-refractivity contribution in [1.82, 2.24) is 0 Å². The van der Waals surface area contributed by atoms with Crippen LogP contribution in [-0.4, -0.2) is 17.0 Å². The average Bonchev–Trinajstić information content (AvgIpc) is 2.76. The molecule has 1 N–H and O–H groups in total. The Morgan fingerprint density at radius 1 is 1.44 bits per heavy atom. The topological polar surface area (TPSA) is 37.3 Å². The Morgan fingerprint density at radius 3 is 2.89 bits per heavy atom. The minimum absolute atomic E-state index is 0.243. The summed E-state index contributed by atoms with van der Waals surface area (Å²) in [6.07, 6.45) is 5.21. The van der Waals surface area contributed by atoms with Crippen LogP contribution in [0.25, 0.3) is 0 Å². The van der Waals surface area contributed by atoms with Gasteiger partial charge in [0.15, 0.2) is 0 Å². The molecule has 2 atom stereocenters. The Labute approximate surface area is 106 Å². The van der Waals surface area contributed by atoms with Crippen molar-refractivity contribution in [2.45, 2.75) is 31.8 Å². The second-order valence-electron chi connectivity index (χ2n) is 4.79. The van der Waals surface area contributed by atoms with Crippen LogP contribution in [0, 0.1) is 11.7 Å². The molecule has 0 heterocycles. The second-order valence-corrected chi connectivity index (χ2v) is 4.79. The number of hydrogen-bond acceptors (Lipinski definition) is 2. The number of rotatable bonds is 4. The van der Waals surface area contributed by atoms with Crippen LogP contribution >= 0.6 is 0 Å². The van der Waals surface area contributed by atoms with Gasteiger partial charge in [0.1, 0.15) is 11.6 Å². The van der Waals surface area contributed by atoms with Gasteiger partial charge in [-0.1, -0.05) is 30.4 Å². The number of ketones is 1. The molecule has 0 aliphatic heterocycles. The fraction of sp³-hybridized carbons (Fsp3) is 0.400. The molecule has 1 saturated carbocycles. The van der Waals surface area contributed by atoms with Gasteiger partial charge >= 0.3 is 0 Å². The van der Waals surface area contributed by atoms with E-state index in [1.54, 1.807) is 24.3 Å². The molecule has 1 aromatic rings. The maximum Gasteiger partial charge on any atom is 0.133 e. The lowest BCUT2D eigenvalue weighted by molar-refractivity contribution is -0.117. The number of aliphatic hydroxyl groups excluding tert-OH is 1. The van der Waals surface area contributed by atoms with Gasteiger partial charge < -0.3 is 5.11 Å². The van der Waals surface area contributed by atoms with Gasteiger partial charge in [0.05, 0.1) is 6.10 Å². The summed E-state index contributed by atoms with van der Waals surface area (Å²) in [6.45, 7) is 0. The van der Waals surface area contributed by atoms with Gasteiger partial charge in [-0.3, -0.25) is 4.79 Å². The highest BCUT2D eigenvalue weighted by Crippen LogP contribution is 2.23. The molecule has 0 amide bonds. The van der Waals surface area contributed by atoms with E-state index in [1.807, 2.05) is 6.08 Å². The lowest BCUT2D eigenvalue weighted by Crippen LogP contribution is -2.08. The van der Waals surface area contributed by atoms with Gasteiger partial charge in [-0.05, 0) is 24.0 Å². The Bertz CT molecular complexity index is 454. The number of carbonyl (C=O) groups is 1. The van der Waals surface area contributed by atoms with Crippen LogP contribution in [0.4, 0.5) is 4.39 Å². The molecule has 0 aromatic heterocycles. The zero-order valence-corrected chi connectivity index (χ0v) is 10.2. The van der Waals surface area contributed by atoms with Crippen molar-refractivity contribution in [3.8, 4) is 0 Å². The molecule has 2 nitrogen and oxygen atoms in total. The predicted octanol–water partition coefficient (Wildman–Crippen LogP) is 2.65. The SMILES string of the molecule is O=C1CC[C@H](/C=C/C(O)Cc2ccccc2F)C1. The van der Waals surface area contributed by atoms with Gasteiger partial charge in [0.2, 0.25) is 0 Å². The summed E-state index contributed by atoms with van der Waals surface area (Å²) in [5.74, 6) is 0.238. The largest absolute Gasteiger partial charge is 0.389 e. The molecule has 0 saturated heterocycles. The summed E-state index contributed by atoms with van der Waals surface area (Å²) in [6, 6.07) is 6.45. The lowest BCUT2D eigenvalue weighted by atomic mass is 10.0. The molecule has 1 aliphatic rings. The Morgan fingerprint density at radius 2 is 2.22 bits per heavy atom. The summed E-state index contributed by atoms with van der Waals surface area (Å²) in [5, 5.41) is 9.81. The van der Waals surface area contributed by atoms with Gasteiger partial charge in [-0.2, -0.15) is 0 Å². The highest BCUT2D eigenvalue weighted by molar-refractivity contribution is 5.80. The molecular weight excluding hydrogens is 231 g/mol. The first-order chi connectivity index (χ1) is 8.65. The van der Waals surface area contributed by atoms with Crippen LogP contribution < -0.4 is 0 Å². The summed E-state index contributed by atoms with van der Waals surface area (Å²) >= 11 is 0. The average molecular weight is 248 g/mol. The molecule has 96 valence electrons. The first-order valence-corrected chi connectivity index (χ1v) is 6.26. The lowest BCUT2D eigenvalue weighted by Gasteiger charge is -2.08. The van der Waals surface area contributed by atoms with E-state index in [0.29, 0.717) is 18.4 Å². The number of benzene rings is 1. The van der Waals surface area contributed by atoms with Crippen molar-refractivity contribution in [2.24, 2.45) is 5.92 Å².